The van der Waals surface area contributed by atoms with Crippen LogP contribution in [0.3, 0.4) is 0 Å². The van der Waals surface area contributed by atoms with Crippen LogP contribution in [-0.4, -0.2) is 57.8 Å². The number of para-hydroxylation sites is 1. The van der Waals surface area contributed by atoms with Gasteiger partial charge in [0.2, 0.25) is 0 Å². The third-order valence-electron chi connectivity index (χ3n) is 5.51. The first-order valence-electron chi connectivity index (χ1n) is 11.4. The maximum Gasteiger partial charge on any atom is 0.278 e. The van der Waals surface area contributed by atoms with Crippen LogP contribution < -0.4 is 19.5 Å². The van der Waals surface area contributed by atoms with Gasteiger partial charge in [0.15, 0.2) is 11.5 Å². The molecule has 8 heteroatoms. The van der Waals surface area contributed by atoms with E-state index in [1.54, 1.807) is 43.5 Å². The highest BCUT2D eigenvalue weighted by Gasteiger charge is 2.40. The summed E-state index contributed by atoms with van der Waals surface area (Å²) in [5.74, 6) is 0.811. The van der Waals surface area contributed by atoms with Crippen LogP contribution in [0.5, 0.6) is 17.2 Å². The van der Waals surface area contributed by atoms with E-state index in [0.29, 0.717) is 48.1 Å². The van der Waals surface area contributed by atoms with Crippen molar-refractivity contribution >= 4 is 23.1 Å². The van der Waals surface area contributed by atoms with Crippen LogP contribution in [0.25, 0.3) is 5.57 Å². The van der Waals surface area contributed by atoms with E-state index in [-0.39, 0.29) is 23.7 Å². The average Bonchev–Trinajstić information content (AvgIpc) is 3.09. The van der Waals surface area contributed by atoms with Gasteiger partial charge in [0.05, 0.1) is 26.9 Å². The molecule has 2 aromatic carbocycles. The standard InChI is InChI=1S/C26H32N2O6/c1-5-6-15-34-16-9-14-28-25(29)23(19-10-7-8-11-20(19)31-2)24(26(28)30)27-18-12-13-21(32-3)22(17-18)33-4/h7-8,10-13,17,27H,5-6,9,14-16H2,1-4H3. The number of anilines is 1. The first-order chi connectivity index (χ1) is 16.5. The molecule has 1 heterocycles. The Labute approximate surface area is 200 Å². The van der Waals surface area contributed by atoms with Crippen molar-refractivity contribution in [1.29, 1.82) is 0 Å². The Hall–Kier alpha value is -3.52. The van der Waals surface area contributed by atoms with E-state index in [4.69, 9.17) is 18.9 Å². The lowest BCUT2D eigenvalue weighted by Gasteiger charge is -2.16. The SMILES string of the molecule is CCCCOCCCN1C(=O)C(Nc2ccc(OC)c(OC)c2)=C(c2ccccc2OC)C1=O. The van der Waals surface area contributed by atoms with Crippen LogP contribution in [0.15, 0.2) is 48.2 Å². The van der Waals surface area contributed by atoms with Gasteiger partial charge in [-0.2, -0.15) is 0 Å². The average molecular weight is 469 g/mol. The van der Waals surface area contributed by atoms with Crippen molar-refractivity contribution in [3.05, 3.63) is 53.7 Å². The summed E-state index contributed by atoms with van der Waals surface area (Å²) in [7, 11) is 4.62. The largest absolute Gasteiger partial charge is 0.496 e. The van der Waals surface area contributed by atoms with Crippen LogP contribution in [0.2, 0.25) is 0 Å². The number of rotatable bonds is 13. The highest BCUT2D eigenvalue weighted by Crippen LogP contribution is 2.36. The van der Waals surface area contributed by atoms with Crippen molar-refractivity contribution in [3.8, 4) is 17.2 Å². The van der Waals surface area contributed by atoms with Gasteiger partial charge in [0.25, 0.3) is 11.8 Å². The van der Waals surface area contributed by atoms with Crippen LogP contribution in [0.1, 0.15) is 31.7 Å². The van der Waals surface area contributed by atoms with Gasteiger partial charge >= 0.3 is 0 Å². The molecule has 8 nitrogen and oxygen atoms in total. The molecule has 0 aromatic heterocycles. The van der Waals surface area contributed by atoms with Crippen LogP contribution in [-0.2, 0) is 14.3 Å². The van der Waals surface area contributed by atoms with Crippen molar-refractivity contribution in [2.24, 2.45) is 0 Å². The first kappa shape index (κ1) is 25.1. The Morgan fingerprint density at radius 1 is 0.824 bits per heavy atom. The van der Waals surface area contributed by atoms with Gasteiger partial charge in [-0.1, -0.05) is 31.5 Å². The number of ether oxygens (including phenoxy) is 4. The summed E-state index contributed by atoms with van der Waals surface area (Å²) in [6.07, 6.45) is 2.60. The van der Waals surface area contributed by atoms with Gasteiger partial charge in [-0.15, -0.1) is 0 Å². The molecule has 1 aliphatic rings. The summed E-state index contributed by atoms with van der Waals surface area (Å²) in [6, 6.07) is 12.4. The number of hydrogen-bond donors (Lipinski definition) is 1. The summed E-state index contributed by atoms with van der Waals surface area (Å²) in [4.78, 5) is 28.1. The predicted octanol–water partition coefficient (Wildman–Crippen LogP) is 4.11. The molecule has 0 atom stereocenters. The molecule has 182 valence electrons. The Morgan fingerprint density at radius 2 is 1.53 bits per heavy atom. The Morgan fingerprint density at radius 3 is 2.24 bits per heavy atom. The van der Waals surface area contributed by atoms with Crippen molar-refractivity contribution < 1.29 is 28.5 Å². The highest BCUT2D eigenvalue weighted by atomic mass is 16.5. The summed E-state index contributed by atoms with van der Waals surface area (Å²) in [5.41, 5.74) is 1.59. The minimum atomic E-state index is -0.394. The number of benzene rings is 2. The lowest BCUT2D eigenvalue weighted by atomic mass is 10.0. The zero-order chi connectivity index (χ0) is 24.5. The zero-order valence-corrected chi connectivity index (χ0v) is 20.2. The van der Waals surface area contributed by atoms with Crippen molar-refractivity contribution in [2.75, 3.05) is 46.4 Å². The van der Waals surface area contributed by atoms with Gasteiger partial charge in [0, 0.05) is 37.1 Å². The molecular formula is C26H32N2O6. The van der Waals surface area contributed by atoms with Crippen molar-refractivity contribution in [3.63, 3.8) is 0 Å². The number of unbranched alkanes of at least 4 members (excludes halogenated alkanes) is 1. The molecule has 0 unspecified atom stereocenters. The second-order valence-corrected chi connectivity index (χ2v) is 7.73. The molecule has 0 saturated heterocycles. The molecule has 3 rings (SSSR count). The fourth-order valence-electron chi connectivity index (χ4n) is 3.73. The van der Waals surface area contributed by atoms with E-state index >= 15 is 0 Å². The monoisotopic (exact) mass is 468 g/mol. The summed E-state index contributed by atoms with van der Waals surface area (Å²) in [6.45, 7) is 3.52. The molecule has 0 spiro atoms. The third kappa shape index (κ3) is 5.51. The predicted molar refractivity (Wildman–Crippen MR) is 130 cm³/mol. The molecular weight excluding hydrogens is 436 g/mol. The number of amides is 2. The van der Waals surface area contributed by atoms with Crippen LogP contribution in [0.4, 0.5) is 5.69 Å². The fourth-order valence-corrected chi connectivity index (χ4v) is 3.73. The fraction of sp³-hybridized carbons (Fsp3) is 0.385. The van der Waals surface area contributed by atoms with Gasteiger partial charge < -0.3 is 24.3 Å². The van der Waals surface area contributed by atoms with E-state index in [0.717, 1.165) is 12.8 Å². The van der Waals surface area contributed by atoms with Crippen molar-refractivity contribution in [1.82, 2.24) is 4.90 Å². The first-order valence-corrected chi connectivity index (χ1v) is 11.4. The van der Waals surface area contributed by atoms with Crippen LogP contribution in [0, 0.1) is 0 Å². The Kier molecular flexibility index (Phi) is 8.93. The number of nitrogens with one attached hydrogen (secondary N) is 1. The quantitative estimate of drug-likeness (QED) is 0.350. The normalized spacial score (nSPS) is 13.5. The Balaban J connectivity index is 1.91. The van der Waals surface area contributed by atoms with Gasteiger partial charge in [-0.05, 0) is 31.0 Å². The number of nitrogens with zero attached hydrogens (tertiary/aromatic N) is 1. The second-order valence-electron chi connectivity index (χ2n) is 7.73. The topological polar surface area (TPSA) is 86.3 Å². The van der Waals surface area contributed by atoms with E-state index < -0.39 is 5.91 Å². The molecule has 0 radical (unpaired) electrons. The number of carbonyl (C=O) groups excluding carboxylic acids is 2. The summed E-state index contributed by atoms with van der Waals surface area (Å²) >= 11 is 0. The minimum Gasteiger partial charge on any atom is -0.496 e. The molecule has 0 bridgehead atoms. The van der Waals surface area contributed by atoms with E-state index in [2.05, 4.69) is 12.2 Å². The smallest absolute Gasteiger partial charge is 0.278 e. The molecule has 1 aliphatic heterocycles. The maximum atomic E-state index is 13.4. The zero-order valence-electron chi connectivity index (χ0n) is 20.2. The van der Waals surface area contributed by atoms with E-state index in [1.807, 2.05) is 6.07 Å². The van der Waals surface area contributed by atoms with E-state index in [9.17, 15) is 9.59 Å². The van der Waals surface area contributed by atoms with Gasteiger partial charge in [0.1, 0.15) is 11.4 Å². The van der Waals surface area contributed by atoms with Gasteiger partial charge in [-0.25, -0.2) is 0 Å². The molecule has 0 fully saturated rings. The Bertz CT molecular complexity index is 1050. The molecule has 2 aromatic rings. The van der Waals surface area contributed by atoms with Crippen LogP contribution >= 0.6 is 0 Å². The number of carbonyl (C=O) groups is 2. The number of hydrogen-bond acceptors (Lipinski definition) is 7. The lowest BCUT2D eigenvalue weighted by molar-refractivity contribution is -0.137. The molecule has 1 N–H and O–H groups in total. The second kappa shape index (κ2) is 12.1. The molecule has 0 aliphatic carbocycles. The van der Waals surface area contributed by atoms with Gasteiger partial charge in [-0.3, -0.25) is 14.5 Å². The number of imide groups is 1. The summed E-state index contributed by atoms with van der Waals surface area (Å²) in [5, 5.41) is 3.14. The number of methoxy groups -OCH3 is 3. The van der Waals surface area contributed by atoms with E-state index in [1.165, 1.54) is 19.1 Å². The molecule has 34 heavy (non-hydrogen) atoms. The maximum absolute atomic E-state index is 13.4. The third-order valence-corrected chi connectivity index (χ3v) is 5.51. The minimum absolute atomic E-state index is 0.189. The molecule has 0 saturated carbocycles. The highest BCUT2D eigenvalue weighted by molar-refractivity contribution is 6.37. The summed E-state index contributed by atoms with van der Waals surface area (Å²) < 4.78 is 21.7. The lowest BCUT2D eigenvalue weighted by Crippen LogP contribution is -2.34. The molecule has 2 amide bonds. The van der Waals surface area contributed by atoms with Crippen molar-refractivity contribution in [2.45, 2.75) is 26.2 Å².